The van der Waals surface area contributed by atoms with Gasteiger partial charge in [0.1, 0.15) is 10.3 Å². The molecule has 1 aromatic rings. The number of hydrogen-bond donors (Lipinski definition) is 0. The van der Waals surface area contributed by atoms with Gasteiger partial charge < -0.3 is 0 Å². The zero-order valence-corrected chi connectivity index (χ0v) is 12.4. The minimum Gasteiger partial charge on any atom is -0.279 e. The Kier molecular flexibility index (Phi) is 3.73. The lowest BCUT2D eigenvalue weighted by molar-refractivity contribution is -0.117. The molecule has 0 N–H and O–H groups in total. The highest BCUT2D eigenvalue weighted by Crippen LogP contribution is 2.31. The first-order chi connectivity index (χ1) is 7.49. The van der Waals surface area contributed by atoms with E-state index in [4.69, 9.17) is 23.2 Å². The molecule has 8 heteroatoms. The minimum atomic E-state index is -0.0451. The summed E-state index contributed by atoms with van der Waals surface area (Å²) >= 11 is 18.2. The summed E-state index contributed by atoms with van der Waals surface area (Å²) in [7, 11) is 0. The molecule has 1 aliphatic rings. The molecule has 0 aliphatic carbocycles. The number of alkyl halides is 1. The Hall–Kier alpha value is 0.0900. The molecule has 0 spiro atoms. The number of halogens is 4. The number of carbonyl (C=O) groups is 1. The van der Waals surface area contributed by atoms with Crippen LogP contribution in [0.4, 0.5) is 5.95 Å². The van der Waals surface area contributed by atoms with Crippen molar-refractivity contribution in [3.05, 3.63) is 14.8 Å². The minimum absolute atomic E-state index is 0.0451. The van der Waals surface area contributed by atoms with Crippen LogP contribution in [-0.4, -0.2) is 27.2 Å². The standard InChI is InChI=1S/C8H5Br2Cl2N3O/c9-3-1-4(16)15(2-3)8-13-6(11)5(10)7(12)14-8/h3H,1-2H2. The maximum Gasteiger partial charge on any atom is 0.235 e. The van der Waals surface area contributed by atoms with Crippen molar-refractivity contribution in [3.63, 3.8) is 0 Å². The Labute approximate surface area is 119 Å². The fourth-order valence-electron chi connectivity index (χ4n) is 1.36. The van der Waals surface area contributed by atoms with Crippen LogP contribution in [0.25, 0.3) is 0 Å². The highest BCUT2D eigenvalue weighted by molar-refractivity contribution is 9.10. The molecular weight excluding hydrogens is 385 g/mol. The summed E-state index contributed by atoms with van der Waals surface area (Å²) in [5.74, 6) is 0.196. The summed E-state index contributed by atoms with van der Waals surface area (Å²) in [6, 6.07) is 0. The van der Waals surface area contributed by atoms with Gasteiger partial charge in [0.25, 0.3) is 0 Å². The zero-order chi connectivity index (χ0) is 11.9. The van der Waals surface area contributed by atoms with E-state index in [0.717, 1.165) is 0 Å². The second-order valence-corrected chi connectivity index (χ2v) is 6.03. The van der Waals surface area contributed by atoms with Gasteiger partial charge in [0.05, 0.1) is 4.47 Å². The number of amides is 1. The molecule has 16 heavy (non-hydrogen) atoms. The summed E-state index contributed by atoms with van der Waals surface area (Å²) in [5, 5.41) is 0.390. The molecule has 0 bridgehead atoms. The van der Waals surface area contributed by atoms with E-state index in [2.05, 4.69) is 41.8 Å². The summed E-state index contributed by atoms with van der Waals surface area (Å²) in [6.07, 6.45) is 0.425. The molecule has 1 unspecified atom stereocenters. The maximum absolute atomic E-state index is 11.6. The van der Waals surface area contributed by atoms with Gasteiger partial charge >= 0.3 is 0 Å². The van der Waals surface area contributed by atoms with E-state index in [1.54, 1.807) is 0 Å². The van der Waals surface area contributed by atoms with Crippen LogP contribution in [0.1, 0.15) is 6.42 Å². The average molecular weight is 390 g/mol. The van der Waals surface area contributed by atoms with Gasteiger partial charge in [-0.05, 0) is 15.9 Å². The van der Waals surface area contributed by atoms with E-state index in [1.807, 2.05) is 0 Å². The van der Waals surface area contributed by atoms with Gasteiger partial charge in [-0.1, -0.05) is 39.1 Å². The molecule has 4 nitrogen and oxygen atoms in total. The van der Waals surface area contributed by atoms with Crippen molar-refractivity contribution in [2.24, 2.45) is 0 Å². The van der Waals surface area contributed by atoms with Crippen molar-refractivity contribution >= 4 is 66.9 Å². The second kappa shape index (κ2) is 4.76. The van der Waals surface area contributed by atoms with E-state index in [0.29, 0.717) is 17.4 Å². The molecular formula is C8H5Br2Cl2N3O. The summed E-state index contributed by atoms with van der Waals surface area (Å²) in [5.41, 5.74) is 0. The third-order valence-electron chi connectivity index (χ3n) is 2.08. The fourth-order valence-corrected chi connectivity index (χ4v) is 2.48. The third kappa shape index (κ3) is 2.34. The lowest BCUT2D eigenvalue weighted by Gasteiger charge is -2.14. The number of rotatable bonds is 1. The first-order valence-corrected chi connectivity index (χ1v) is 6.78. The van der Waals surface area contributed by atoms with E-state index in [1.165, 1.54) is 4.90 Å². The van der Waals surface area contributed by atoms with Crippen molar-refractivity contribution in [1.29, 1.82) is 0 Å². The van der Waals surface area contributed by atoms with Crippen LogP contribution in [0.2, 0.25) is 10.3 Å². The smallest absolute Gasteiger partial charge is 0.235 e. The van der Waals surface area contributed by atoms with Crippen molar-refractivity contribution in [1.82, 2.24) is 9.97 Å². The monoisotopic (exact) mass is 387 g/mol. The molecule has 1 aliphatic heterocycles. The Balaban J connectivity index is 2.38. The van der Waals surface area contributed by atoms with Gasteiger partial charge in [-0.25, -0.2) is 0 Å². The van der Waals surface area contributed by atoms with Crippen molar-refractivity contribution < 1.29 is 4.79 Å². The lowest BCUT2D eigenvalue weighted by Crippen LogP contribution is -2.26. The molecule has 1 amide bonds. The highest BCUT2D eigenvalue weighted by Gasteiger charge is 2.31. The molecule has 1 aromatic heterocycles. The maximum atomic E-state index is 11.6. The summed E-state index contributed by atoms with van der Waals surface area (Å²) < 4.78 is 0.432. The normalized spacial score (nSPS) is 20.6. The van der Waals surface area contributed by atoms with E-state index in [-0.39, 0.29) is 27.0 Å². The Morgan fingerprint density at radius 2 is 1.88 bits per heavy atom. The first-order valence-electron chi connectivity index (χ1n) is 4.32. The highest BCUT2D eigenvalue weighted by atomic mass is 79.9. The fraction of sp³-hybridized carbons (Fsp3) is 0.375. The molecule has 2 rings (SSSR count). The largest absolute Gasteiger partial charge is 0.279 e. The molecule has 1 fully saturated rings. The molecule has 86 valence electrons. The molecule has 2 heterocycles. The number of aromatic nitrogens is 2. The van der Waals surface area contributed by atoms with Crippen molar-refractivity contribution in [2.45, 2.75) is 11.2 Å². The van der Waals surface area contributed by atoms with E-state index < -0.39 is 0 Å². The van der Waals surface area contributed by atoms with Crippen LogP contribution >= 0.6 is 55.1 Å². The van der Waals surface area contributed by atoms with Gasteiger partial charge in [-0.2, -0.15) is 9.97 Å². The van der Waals surface area contributed by atoms with Gasteiger partial charge in [0, 0.05) is 17.8 Å². The predicted molar refractivity (Wildman–Crippen MR) is 69.4 cm³/mol. The van der Waals surface area contributed by atoms with Gasteiger partial charge in [-0.15, -0.1) is 0 Å². The summed E-state index contributed by atoms with van der Waals surface area (Å²) in [4.78, 5) is 21.2. The lowest BCUT2D eigenvalue weighted by atomic mass is 10.4. The van der Waals surface area contributed by atoms with Crippen molar-refractivity contribution in [3.8, 4) is 0 Å². The Morgan fingerprint density at radius 3 is 2.31 bits per heavy atom. The van der Waals surface area contributed by atoms with Crippen LogP contribution < -0.4 is 4.90 Å². The van der Waals surface area contributed by atoms with E-state index >= 15 is 0 Å². The third-order valence-corrected chi connectivity index (χ3v) is 4.45. The molecule has 1 atom stereocenters. The number of anilines is 1. The van der Waals surface area contributed by atoms with Crippen LogP contribution in [0.5, 0.6) is 0 Å². The van der Waals surface area contributed by atoms with E-state index in [9.17, 15) is 4.79 Å². The summed E-state index contributed by atoms with van der Waals surface area (Å²) in [6.45, 7) is 0.521. The van der Waals surface area contributed by atoms with Crippen LogP contribution in [-0.2, 0) is 4.79 Å². The predicted octanol–water partition coefficient (Wildman–Crippen LogP) is 3.05. The quantitative estimate of drug-likeness (QED) is 0.548. The van der Waals surface area contributed by atoms with Crippen molar-refractivity contribution in [2.75, 3.05) is 11.4 Å². The van der Waals surface area contributed by atoms with Gasteiger partial charge in [0.15, 0.2) is 0 Å². The Morgan fingerprint density at radius 1 is 1.31 bits per heavy atom. The number of nitrogens with zero attached hydrogens (tertiary/aromatic N) is 3. The zero-order valence-electron chi connectivity index (χ0n) is 7.75. The van der Waals surface area contributed by atoms with Gasteiger partial charge in [0.2, 0.25) is 11.9 Å². The Bertz CT molecular complexity index is 434. The van der Waals surface area contributed by atoms with Crippen LogP contribution in [0, 0.1) is 0 Å². The first kappa shape index (κ1) is 12.5. The molecule has 0 radical (unpaired) electrons. The molecule has 0 saturated carbocycles. The SMILES string of the molecule is O=C1CC(Br)CN1c1nc(Cl)c(Br)c(Cl)n1. The van der Waals surface area contributed by atoms with Gasteiger partial charge in [-0.3, -0.25) is 9.69 Å². The molecule has 0 aromatic carbocycles. The second-order valence-electron chi connectivity index (χ2n) is 3.22. The number of carbonyl (C=O) groups excluding carboxylic acids is 1. The average Bonchev–Trinajstić information content (AvgIpc) is 2.53. The number of hydrogen-bond acceptors (Lipinski definition) is 3. The topological polar surface area (TPSA) is 46.1 Å². The van der Waals surface area contributed by atoms with Crippen LogP contribution in [0.3, 0.4) is 0 Å². The molecule has 1 saturated heterocycles. The van der Waals surface area contributed by atoms with Crippen LogP contribution in [0.15, 0.2) is 4.47 Å².